The van der Waals surface area contributed by atoms with E-state index in [0.29, 0.717) is 23.8 Å². The Kier molecular flexibility index (Phi) is 4.15. The number of nitrogens with zero attached hydrogens (tertiary/aromatic N) is 2. The lowest BCUT2D eigenvalue weighted by molar-refractivity contribution is 0.466. The van der Waals surface area contributed by atoms with Crippen LogP contribution in [-0.2, 0) is 16.4 Å². The number of sulfonamides is 1. The molecule has 0 radical (unpaired) electrons. The molecule has 6 nitrogen and oxygen atoms in total. The maximum Gasteiger partial charge on any atom is 0.240 e. The molecule has 1 aromatic carbocycles. The summed E-state index contributed by atoms with van der Waals surface area (Å²) >= 11 is 0. The van der Waals surface area contributed by atoms with Crippen LogP contribution < -0.4 is 4.72 Å². The van der Waals surface area contributed by atoms with Crippen LogP contribution in [0, 0.1) is 19.7 Å². The highest BCUT2D eigenvalue weighted by Gasteiger charge is 2.17. The second-order valence-corrected chi connectivity index (χ2v) is 6.01. The molecule has 0 bridgehead atoms. The third-order valence-electron chi connectivity index (χ3n) is 2.63. The summed E-state index contributed by atoms with van der Waals surface area (Å²) < 4.78 is 44.6. The van der Waals surface area contributed by atoms with Crippen molar-refractivity contribution in [2.45, 2.75) is 25.2 Å². The van der Waals surface area contributed by atoms with Gasteiger partial charge in [-0.3, -0.25) is 0 Å². The lowest BCUT2D eigenvalue weighted by Gasteiger charge is -2.08. The largest absolute Gasteiger partial charge is 0.426 e. The number of aryl methyl sites for hydroxylation is 2. The van der Waals surface area contributed by atoms with E-state index in [1.54, 1.807) is 13.8 Å². The van der Waals surface area contributed by atoms with Gasteiger partial charge in [0, 0.05) is 19.9 Å². The standard InChI is InChI=1S/C12H14FN3O3S/c1-8-7-10(13)3-4-11(8)20(17,18)14-6-5-12-16-15-9(2)19-12/h3-4,7,14H,5-6H2,1-2H3. The molecule has 1 heterocycles. The minimum atomic E-state index is -3.68. The molecule has 8 heteroatoms. The van der Waals surface area contributed by atoms with Crippen LogP contribution in [-0.4, -0.2) is 25.2 Å². The summed E-state index contributed by atoms with van der Waals surface area (Å²) in [6.07, 6.45) is 0.292. The predicted octanol–water partition coefficient (Wildman–Crippen LogP) is 1.35. The number of aromatic nitrogens is 2. The molecule has 20 heavy (non-hydrogen) atoms. The highest BCUT2D eigenvalue weighted by molar-refractivity contribution is 7.89. The van der Waals surface area contributed by atoms with E-state index in [1.165, 1.54) is 12.1 Å². The first-order chi connectivity index (χ1) is 9.38. The van der Waals surface area contributed by atoms with Crippen molar-refractivity contribution in [1.29, 1.82) is 0 Å². The summed E-state index contributed by atoms with van der Waals surface area (Å²) in [5.74, 6) is 0.320. The summed E-state index contributed by atoms with van der Waals surface area (Å²) in [5.41, 5.74) is 0.353. The van der Waals surface area contributed by atoms with E-state index in [4.69, 9.17) is 4.42 Å². The van der Waals surface area contributed by atoms with Crippen molar-refractivity contribution < 1.29 is 17.2 Å². The molecule has 0 spiro atoms. The van der Waals surface area contributed by atoms with Crippen molar-refractivity contribution in [3.05, 3.63) is 41.4 Å². The Labute approximate surface area is 116 Å². The van der Waals surface area contributed by atoms with Crippen molar-refractivity contribution in [2.24, 2.45) is 0 Å². The SMILES string of the molecule is Cc1nnc(CCNS(=O)(=O)c2ccc(F)cc2C)o1. The van der Waals surface area contributed by atoms with E-state index in [2.05, 4.69) is 14.9 Å². The van der Waals surface area contributed by atoms with Crippen molar-refractivity contribution in [1.82, 2.24) is 14.9 Å². The van der Waals surface area contributed by atoms with Crippen molar-refractivity contribution >= 4 is 10.0 Å². The molecule has 1 aromatic heterocycles. The van der Waals surface area contributed by atoms with Gasteiger partial charge in [-0.25, -0.2) is 17.5 Å². The first-order valence-electron chi connectivity index (χ1n) is 5.93. The Hall–Kier alpha value is -1.80. The Morgan fingerprint density at radius 2 is 2.05 bits per heavy atom. The van der Waals surface area contributed by atoms with E-state index >= 15 is 0 Å². The van der Waals surface area contributed by atoms with Gasteiger partial charge in [0.2, 0.25) is 21.8 Å². The summed E-state index contributed by atoms with van der Waals surface area (Å²) in [7, 11) is -3.68. The normalized spacial score (nSPS) is 11.8. The molecule has 0 saturated carbocycles. The van der Waals surface area contributed by atoms with E-state index in [-0.39, 0.29) is 11.4 Å². The summed E-state index contributed by atoms with van der Waals surface area (Å²) in [6.45, 7) is 3.32. The smallest absolute Gasteiger partial charge is 0.240 e. The van der Waals surface area contributed by atoms with Gasteiger partial charge in [-0.05, 0) is 30.7 Å². The lowest BCUT2D eigenvalue weighted by atomic mass is 10.2. The number of benzene rings is 1. The van der Waals surface area contributed by atoms with Gasteiger partial charge in [-0.15, -0.1) is 10.2 Å². The number of halogens is 1. The second kappa shape index (κ2) is 5.68. The maximum atomic E-state index is 13.0. The lowest BCUT2D eigenvalue weighted by Crippen LogP contribution is -2.26. The van der Waals surface area contributed by atoms with Gasteiger partial charge in [0.25, 0.3) is 0 Å². The molecule has 1 N–H and O–H groups in total. The molecule has 2 rings (SSSR count). The zero-order valence-corrected chi connectivity index (χ0v) is 11.9. The van der Waals surface area contributed by atoms with E-state index in [1.807, 2.05) is 0 Å². The predicted molar refractivity (Wildman–Crippen MR) is 69.1 cm³/mol. The Balaban J connectivity index is 2.04. The Morgan fingerprint density at radius 1 is 1.30 bits per heavy atom. The van der Waals surface area contributed by atoms with Gasteiger partial charge in [-0.2, -0.15) is 0 Å². The molecule has 0 amide bonds. The van der Waals surface area contributed by atoms with Crippen LogP contribution >= 0.6 is 0 Å². The molecule has 0 aliphatic heterocycles. The zero-order chi connectivity index (χ0) is 14.8. The van der Waals surface area contributed by atoms with E-state index in [0.717, 1.165) is 6.07 Å². The molecule has 0 aliphatic carbocycles. The third kappa shape index (κ3) is 3.40. The number of nitrogens with one attached hydrogen (secondary N) is 1. The summed E-state index contributed by atoms with van der Waals surface area (Å²) in [4.78, 5) is 0.0561. The molecule has 108 valence electrons. The van der Waals surface area contributed by atoms with Crippen molar-refractivity contribution in [3.63, 3.8) is 0 Å². The summed E-state index contributed by atoms with van der Waals surface area (Å²) in [6, 6.07) is 3.53. The third-order valence-corrected chi connectivity index (χ3v) is 4.25. The minimum absolute atomic E-state index is 0.0561. The fraction of sp³-hybridized carbons (Fsp3) is 0.333. The second-order valence-electron chi connectivity index (χ2n) is 4.27. The maximum absolute atomic E-state index is 13.0. The Morgan fingerprint density at radius 3 is 2.65 bits per heavy atom. The molecule has 0 saturated heterocycles. The zero-order valence-electron chi connectivity index (χ0n) is 11.1. The number of rotatable bonds is 5. The molecule has 0 aliphatic rings. The van der Waals surface area contributed by atoms with Crippen molar-refractivity contribution in [3.8, 4) is 0 Å². The highest BCUT2D eigenvalue weighted by atomic mass is 32.2. The van der Waals surface area contributed by atoms with Crippen LogP contribution in [0.25, 0.3) is 0 Å². The first kappa shape index (κ1) is 14.6. The molecular formula is C12H14FN3O3S. The molecule has 0 atom stereocenters. The van der Waals surface area contributed by atoms with Gasteiger partial charge in [-0.1, -0.05) is 0 Å². The van der Waals surface area contributed by atoms with Crippen LogP contribution in [0.15, 0.2) is 27.5 Å². The van der Waals surface area contributed by atoms with Crippen molar-refractivity contribution in [2.75, 3.05) is 6.54 Å². The van der Waals surface area contributed by atoms with Crippen LogP contribution in [0.2, 0.25) is 0 Å². The minimum Gasteiger partial charge on any atom is -0.426 e. The van der Waals surface area contributed by atoms with Crippen LogP contribution in [0.3, 0.4) is 0 Å². The van der Waals surface area contributed by atoms with Gasteiger partial charge < -0.3 is 4.42 Å². The average molecular weight is 299 g/mol. The first-order valence-corrected chi connectivity index (χ1v) is 7.41. The summed E-state index contributed by atoms with van der Waals surface area (Å²) in [5, 5.41) is 7.41. The van der Waals surface area contributed by atoms with Crippen LogP contribution in [0.5, 0.6) is 0 Å². The van der Waals surface area contributed by atoms with Gasteiger partial charge in [0.05, 0.1) is 4.90 Å². The molecule has 2 aromatic rings. The number of hydrogen-bond donors (Lipinski definition) is 1. The molecular weight excluding hydrogens is 285 g/mol. The molecule has 0 unspecified atom stereocenters. The number of hydrogen-bond acceptors (Lipinski definition) is 5. The quantitative estimate of drug-likeness (QED) is 0.900. The topological polar surface area (TPSA) is 85.1 Å². The Bertz CT molecular complexity index is 712. The van der Waals surface area contributed by atoms with Gasteiger partial charge in [0.15, 0.2) is 0 Å². The van der Waals surface area contributed by atoms with E-state index < -0.39 is 15.8 Å². The van der Waals surface area contributed by atoms with Crippen LogP contribution in [0.4, 0.5) is 4.39 Å². The van der Waals surface area contributed by atoms with E-state index in [9.17, 15) is 12.8 Å². The van der Waals surface area contributed by atoms with Crippen LogP contribution in [0.1, 0.15) is 17.3 Å². The monoisotopic (exact) mass is 299 g/mol. The van der Waals surface area contributed by atoms with Gasteiger partial charge >= 0.3 is 0 Å². The molecule has 0 fully saturated rings. The highest BCUT2D eigenvalue weighted by Crippen LogP contribution is 2.15. The average Bonchev–Trinajstić information content (AvgIpc) is 2.74. The fourth-order valence-electron chi connectivity index (χ4n) is 1.72. The van der Waals surface area contributed by atoms with Gasteiger partial charge in [0.1, 0.15) is 5.82 Å². The fourth-order valence-corrected chi connectivity index (χ4v) is 2.98.